The van der Waals surface area contributed by atoms with Crippen LogP contribution in [0.5, 0.6) is 0 Å². The van der Waals surface area contributed by atoms with Crippen molar-refractivity contribution in [2.24, 2.45) is 0 Å². The Bertz CT molecular complexity index is 1260. The first-order valence-corrected chi connectivity index (χ1v) is 11.3. The van der Waals surface area contributed by atoms with Crippen LogP contribution < -0.4 is 15.5 Å². The highest BCUT2D eigenvalue weighted by Gasteiger charge is 2.54. The molecule has 1 amide bonds. The maximum Gasteiger partial charge on any atom is 0.237 e. The lowest BCUT2D eigenvalue weighted by molar-refractivity contribution is -0.125. The number of pyridine rings is 2. The van der Waals surface area contributed by atoms with E-state index in [4.69, 9.17) is 10.7 Å². The summed E-state index contributed by atoms with van der Waals surface area (Å²) < 4.78 is 0. The molecule has 3 aliphatic rings. The SMILES string of the molecule is CN1C(=O)C2(CCC2)c2c1cnc1ccc(-c3cnc(N4CC(N(C)C)C4)c(N)c3)cc21. The fraction of sp³-hybridized carbons (Fsp3) is 0.400. The Morgan fingerprint density at radius 2 is 1.88 bits per heavy atom. The lowest BCUT2D eigenvalue weighted by Crippen LogP contribution is -2.57. The van der Waals surface area contributed by atoms with E-state index < -0.39 is 0 Å². The number of carbonyl (C=O) groups is 1. The van der Waals surface area contributed by atoms with Crippen molar-refractivity contribution in [2.75, 3.05) is 49.8 Å². The van der Waals surface area contributed by atoms with E-state index in [-0.39, 0.29) is 11.3 Å². The minimum atomic E-state index is -0.370. The minimum Gasteiger partial charge on any atom is -0.396 e. The van der Waals surface area contributed by atoms with Gasteiger partial charge in [0.2, 0.25) is 5.91 Å². The van der Waals surface area contributed by atoms with Crippen molar-refractivity contribution in [1.82, 2.24) is 14.9 Å². The van der Waals surface area contributed by atoms with E-state index in [1.54, 1.807) is 4.90 Å². The summed E-state index contributed by atoms with van der Waals surface area (Å²) in [4.78, 5) is 28.7. The molecule has 1 saturated heterocycles. The third-order valence-electron chi connectivity index (χ3n) is 7.73. The quantitative estimate of drug-likeness (QED) is 0.691. The van der Waals surface area contributed by atoms with Crippen LogP contribution in [0.15, 0.2) is 36.7 Å². The van der Waals surface area contributed by atoms with Crippen LogP contribution in [0.1, 0.15) is 24.8 Å². The van der Waals surface area contributed by atoms with Gasteiger partial charge in [-0.25, -0.2) is 4.98 Å². The van der Waals surface area contributed by atoms with Crippen molar-refractivity contribution in [1.29, 1.82) is 0 Å². The molecule has 1 saturated carbocycles. The second kappa shape index (κ2) is 6.65. The Labute approximate surface area is 187 Å². The average Bonchev–Trinajstić information content (AvgIpc) is 2.95. The van der Waals surface area contributed by atoms with Crippen molar-refractivity contribution >= 4 is 34.0 Å². The molecule has 0 bridgehead atoms. The van der Waals surface area contributed by atoms with Gasteiger partial charge in [-0.1, -0.05) is 12.5 Å². The molecule has 1 spiro atoms. The Balaban J connectivity index is 1.40. The third-order valence-corrected chi connectivity index (χ3v) is 7.73. The first-order valence-electron chi connectivity index (χ1n) is 11.3. The molecule has 7 nitrogen and oxygen atoms in total. The van der Waals surface area contributed by atoms with Crippen molar-refractivity contribution in [3.8, 4) is 11.1 Å². The van der Waals surface area contributed by atoms with Crippen molar-refractivity contribution < 1.29 is 4.79 Å². The van der Waals surface area contributed by atoms with Gasteiger partial charge in [0.15, 0.2) is 5.82 Å². The molecule has 32 heavy (non-hydrogen) atoms. The number of amides is 1. The van der Waals surface area contributed by atoms with Crippen LogP contribution in [0.3, 0.4) is 0 Å². The smallest absolute Gasteiger partial charge is 0.237 e. The summed E-state index contributed by atoms with van der Waals surface area (Å²) >= 11 is 0. The molecule has 6 rings (SSSR count). The molecule has 4 heterocycles. The lowest BCUT2D eigenvalue weighted by Gasteiger charge is -2.43. The Morgan fingerprint density at radius 1 is 1.09 bits per heavy atom. The number of rotatable bonds is 3. The van der Waals surface area contributed by atoms with E-state index in [0.717, 1.165) is 71.5 Å². The van der Waals surface area contributed by atoms with Crippen LogP contribution in [0, 0.1) is 0 Å². The highest BCUT2D eigenvalue weighted by Crippen LogP contribution is 2.55. The zero-order chi connectivity index (χ0) is 22.2. The molecule has 1 aromatic carbocycles. The normalized spacial score (nSPS) is 19.6. The maximum absolute atomic E-state index is 13.1. The van der Waals surface area contributed by atoms with E-state index in [1.165, 1.54) is 0 Å². The first kappa shape index (κ1) is 19.5. The summed E-state index contributed by atoms with van der Waals surface area (Å²) in [5.41, 5.74) is 11.8. The molecule has 0 atom stereocenters. The minimum absolute atomic E-state index is 0.208. The van der Waals surface area contributed by atoms with Crippen LogP contribution in [0.25, 0.3) is 22.0 Å². The highest BCUT2D eigenvalue weighted by atomic mass is 16.2. The summed E-state index contributed by atoms with van der Waals surface area (Å²) in [5.74, 6) is 1.06. The summed E-state index contributed by atoms with van der Waals surface area (Å²) in [5, 5.41) is 1.07. The van der Waals surface area contributed by atoms with Crippen LogP contribution >= 0.6 is 0 Å². The second-order valence-corrected chi connectivity index (χ2v) is 9.71. The van der Waals surface area contributed by atoms with Gasteiger partial charge < -0.3 is 20.4 Å². The van der Waals surface area contributed by atoms with Gasteiger partial charge in [-0.05, 0) is 50.7 Å². The van der Waals surface area contributed by atoms with Gasteiger partial charge in [0.1, 0.15) is 0 Å². The van der Waals surface area contributed by atoms with E-state index >= 15 is 0 Å². The maximum atomic E-state index is 13.1. The molecule has 3 aromatic rings. The molecular weight excluding hydrogens is 400 g/mol. The number of anilines is 3. The van der Waals surface area contributed by atoms with Crippen molar-refractivity contribution in [3.05, 3.63) is 42.2 Å². The van der Waals surface area contributed by atoms with E-state index in [0.29, 0.717) is 11.7 Å². The van der Waals surface area contributed by atoms with Gasteiger partial charge in [-0.3, -0.25) is 9.78 Å². The number of hydrogen-bond donors (Lipinski definition) is 1. The third kappa shape index (κ3) is 2.54. The predicted molar refractivity (Wildman–Crippen MR) is 128 cm³/mol. The molecule has 0 unspecified atom stereocenters. The van der Waals surface area contributed by atoms with Gasteiger partial charge >= 0.3 is 0 Å². The summed E-state index contributed by atoms with van der Waals surface area (Å²) in [6.45, 7) is 1.89. The van der Waals surface area contributed by atoms with Crippen molar-refractivity contribution in [2.45, 2.75) is 30.7 Å². The molecule has 0 radical (unpaired) electrons. The molecular formula is C25H28N6O. The number of nitrogens with two attached hydrogens (primary N) is 1. The Morgan fingerprint density at radius 3 is 2.53 bits per heavy atom. The highest BCUT2D eigenvalue weighted by molar-refractivity contribution is 6.13. The number of aromatic nitrogens is 2. The number of likely N-dealkylation sites (N-methyl/N-ethyl adjacent to an activating group) is 2. The van der Waals surface area contributed by atoms with E-state index in [1.807, 2.05) is 31.6 Å². The Kier molecular flexibility index (Phi) is 4.05. The van der Waals surface area contributed by atoms with Crippen LogP contribution in [0.4, 0.5) is 17.2 Å². The largest absolute Gasteiger partial charge is 0.396 e. The fourth-order valence-corrected chi connectivity index (χ4v) is 5.50. The monoisotopic (exact) mass is 428 g/mol. The topological polar surface area (TPSA) is 78.6 Å². The predicted octanol–water partition coefficient (Wildman–Crippen LogP) is 3.03. The summed E-state index contributed by atoms with van der Waals surface area (Å²) in [7, 11) is 6.07. The zero-order valence-corrected chi connectivity index (χ0v) is 18.8. The van der Waals surface area contributed by atoms with Crippen molar-refractivity contribution in [3.63, 3.8) is 0 Å². The zero-order valence-electron chi connectivity index (χ0n) is 18.8. The molecule has 2 aromatic heterocycles. The summed E-state index contributed by atoms with van der Waals surface area (Å²) in [6, 6.07) is 8.83. The number of nitrogens with zero attached hydrogens (tertiary/aromatic N) is 5. The van der Waals surface area contributed by atoms with Gasteiger partial charge in [0, 0.05) is 48.9 Å². The van der Waals surface area contributed by atoms with E-state index in [2.05, 4.69) is 41.0 Å². The van der Waals surface area contributed by atoms with Crippen LogP contribution in [-0.4, -0.2) is 61.0 Å². The molecule has 2 aliphatic heterocycles. The lowest BCUT2D eigenvalue weighted by atomic mass is 9.64. The molecule has 1 aliphatic carbocycles. The number of hydrogen-bond acceptors (Lipinski definition) is 6. The molecule has 2 N–H and O–H groups in total. The Hall–Kier alpha value is -3.19. The summed E-state index contributed by atoms with van der Waals surface area (Å²) in [6.07, 6.45) is 6.68. The molecule has 2 fully saturated rings. The number of nitrogen functional groups attached to an aromatic ring is 1. The second-order valence-electron chi connectivity index (χ2n) is 9.71. The van der Waals surface area contributed by atoms with Gasteiger partial charge in [0.25, 0.3) is 0 Å². The van der Waals surface area contributed by atoms with Crippen LogP contribution in [0.2, 0.25) is 0 Å². The van der Waals surface area contributed by atoms with Gasteiger partial charge in [0.05, 0.1) is 28.5 Å². The first-order chi connectivity index (χ1) is 15.4. The number of carbonyl (C=O) groups excluding carboxylic acids is 1. The average molecular weight is 429 g/mol. The molecule has 7 heteroatoms. The van der Waals surface area contributed by atoms with Gasteiger partial charge in [-0.15, -0.1) is 0 Å². The standard InChI is InChI=1S/C25H28N6O/c1-29(2)17-13-31(14-17)23-19(26)10-16(11-28-23)15-5-6-20-18(9-15)22-21(12-27-20)30(3)24(32)25(22)7-4-8-25/h5-6,9-12,17H,4,7-8,13-14,26H2,1-3H3. The fourth-order valence-electron chi connectivity index (χ4n) is 5.50. The molecule has 164 valence electrons. The van der Waals surface area contributed by atoms with Crippen LogP contribution in [-0.2, 0) is 10.2 Å². The number of fused-ring (bicyclic) bond motifs is 4. The number of benzene rings is 1. The van der Waals surface area contributed by atoms with E-state index in [9.17, 15) is 4.79 Å². The van der Waals surface area contributed by atoms with Gasteiger partial charge in [-0.2, -0.15) is 0 Å².